The number of hydrogen-bond donors (Lipinski definition) is 2. The van der Waals surface area contributed by atoms with Crippen molar-refractivity contribution in [3.8, 4) is 0 Å². The molecule has 0 aliphatic rings. The van der Waals surface area contributed by atoms with Crippen molar-refractivity contribution in [3.63, 3.8) is 0 Å². The van der Waals surface area contributed by atoms with Crippen LogP contribution in [-0.2, 0) is 14.4 Å². The maximum Gasteiger partial charge on any atom is 0.331 e. The van der Waals surface area contributed by atoms with Gasteiger partial charge in [-0.2, -0.15) is 0 Å². The van der Waals surface area contributed by atoms with Crippen LogP contribution >= 0.6 is 0 Å². The third-order valence-corrected chi connectivity index (χ3v) is 2.45. The third-order valence-electron chi connectivity index (χ3n) is 2.45. The first-order valence-corrected chi connectivity index (χ1v) is 5.93. The van der Waals surface area contributed by atoms with Gasteiger partial charge in [0.05, 0.1) is 6.54 Å². The predicted octanol–water partition coefficient (Wildman–Crippen LogP) is 0.781. The van der Waals surface area contributed by atoms with Crippen molar-refractivity contribution in [1.29, 1.82) is 0 Å². The van der Waals surface area contributed by atoms with Gasteiger partial charge >= 0.3 is 5.97 Å². The lowest BCUT2D eigenvalue weighted by Gasteiger charge is -2.23. The number of aliphatic carboxylic acids is 1. The molecule has 108 valence electrons. The summed E-state index contributed by atoms with van der Waals surface area (Å²) in [7, 11) is 1.46. The molecule has 0 heterocycles. The van der Waals surface area contributed by atoms with E-state index in [1.54, 1.807) is 0 Å². The summed E-state index contributed by atoms with van der Waals surface area (Å²) in [6.07, 6.45) is 0. The Morgan fingerprint density at radius 2 is 1.58 bits per heavy atom. The molecular formula is C13H22N2O4. The average Bonchev–Trinajstić information content (AvgIpc) is 2.22. The van der Waals surface area contributed by atoms with Crippen molar-refractivity contribution in [1.82, 2.24) is 10.2 Å². The fourth-order valence-electron chi connectivity index (χ4n) is 1.35. The van der Waals surface area contributed by atoms with Crippen molar-refractivity contribution in [2.75, 3.05) is 13.6 Å². The molecule has 0 fully saturated rings. The molecule has 0 radical (unpaired) electrons. The van der Waals surface area contributed by atoms with Crippen LogP contribution in [0.5, 0.6) is 0 Å². The van der Waals surface area contributed by atoms with E-state index in [1.807, 2.05) is 20.8 Å². The maximum atomic E-state index is 11.9. The molecule has 0 bridgehead atoms. The van der Waals surface area contributed by atoms with Crippen LogP contribution in [0.15, 0.2) is 11.1 Å². The Bertz CT molecular complexity index is 419. The van der Waals surface area contributed by atoms with Crippen LogP contribution in [-0.4, -0.2) is 46.9 Å². The maximum absolute atomic E-state index is 11.9. The first-order chi connectivity index (χ1) is 8.45. The van der Waals surface area contributed by atoms with Crippen molar-refractivity contribution in [2.24, 2.45) is 0 Å². The monoisotopic (exact) mass is 270 g/mol. The Labute approximate surface area is 113 Å². The van der Waals surface area contributed by atoms with Crippen LogP contribution in [0.2, 0.25) is 0 Å². The highest BCUT2D eigenvalue weighted by Crippen LogP contribution is 2.07. The second-order valence-electron chi connectivity index (χ2n) is 5.51. The van der Waals surface area contributed by atoms with Gasteiger partial charge in [0.2, 0.25) is 11.8 Å². The molecule has 0 aromatic rings. The third kappa shape index (κ3) is 6.03. The quantitative estimate of drug-likeness (QED) is 0.739. The van der Waals surface area contributed by atoms with E-state index in [2.05, 4.69) is 5.32 Å². The number of nitrogens with one attached hydrogen (secondary N) is 1. The Hall–Kier alpha value is -1.85. The van der Waals surface area contributed by atoms with Gasteiger partial charge < -0.3 is 15.3 Å². The summed E-state index contributed by atoms with van der Waals surface area (Å²) < 4.78 is 0. The zero-order valence-electron chi connectivity index (χ0n) is 12.3. The van der Waals surface area contributed by atoms with Gasteiger partial charge in [0.25, 0.3) is 0 Å². The molecule has 19 heavy (non-hydrogen) atoms. The number of carbonyl (C=O) groups is 3. The van der Waals surface area contributed by atoms with E-state index in [0.29, 0.717) is 0 Å². The first-order valence-electron chi connectivity index (χ1n) is 5.93. The highest BCUT2D eigenvalue weighted by atomic mass is 16.4. The number of carboxylic acid groups (broad SMARTS) is 1. The summed E-state index contributed by atoms with van der Waals surface area (Å²) in [6.45, 7) is 8.20. The summed E-state index contributed by atoms with van der Waals surface area (Å²) in [6, 6.07) is 0. The van der Waals surface area contributed by atoms with E-state index in [4.69, 9.17) is 5.11 Å². The molecular weight excluding hydrogens is 248 g/mol. The molecule has 0 aliphatic heterocycles. The molecule has 0 spiro atoms. The standard InChI is InChI=1S/C13H22N2O4/c1-8(9(2)12(18)19)11(17)15(6)7-10(16)14-13(3,4)5/h7H2,1-6H3,(H,14,16)(H,18,19). The molecule has 6 nitrogen and oxygen atoms in total. The number of rotatable bonds is 4. The number of carboxylic acids is 1. The van der Waals surface area contributed by atoms with Gasteiger partial charge in [0.1, 0.15) is 0 Å². The number of hydrogen-bond acceptors (Lipinski definition) is 3. The van der Waals surface area contributed by atoms with Gasteiger partial charge in [-0.15, -0.1) is 0 Å². The van der Waals surface area contributed by atoms with Crippen LogP contribution in [0, 0.1) is 0 Å². The normalized spacial score (nSPS) is 12.5. The topological polar surface area (TPSA) is 86.7 Å². The van der Waals surface area contributed by atoms with Gasteiger partial charge in [-0.3, -0.25) is 9.59 Å². The van der Waals surface area contributed by atoms with Crippen molar-refractivity contribution >= 4 is 17.8 Å². The van der Waals surface area contributed by atoms with E-state index in [9.17, 15) is 14.4 Å². The second-order valence-corrected chi connectivity index (χ2v) is 5.51. The number of nitrogens with zero attached hydrogens (tertiary/aromatic N) is 1. The lowest BCUT2D eigenvalue weighted by atomic mass is 10.1. The van der Waals surface area contributed by atoms with Gasteiger partial charge in [-0.25, -0.2) is 4.79 Å². The molecule has 0 atom stereocenters. The number of amides is 2. The largest absolute Gasteiger partial charge is 0.478 e. The summed E-state index contributed by atoms with van der Waals surface area (Å²) in [5.74, 6) is -1.90. The Kier molecular flexibility index (Phi) is 5.74. The van der Waals surface area contributed by atoms with E-state index in [0.717, 1.165) is 0 Å². The van der Waals surface area contributed by atoms with Gasteiger partial charge in [-0.1, -0.05) is 0 Å². The van der Waals surface area contributed by atoms with Crippen molar-refractivity contribution < 1.29 is 19.5 Å². The van der Waals surface area contributed by atoms with Crippen LogP contribution in [0.1, 0.15) is 34.6 Å². The second kappa shape index (κ2) is 6.36. The first kappa shape index (κ1) is 17.2. The van der Waals surface area contributed by atoms with E-state index < -0.39 is 11.9 Å². The zero-order chi connectivity index (χ0) is 15.4. The summed E-state index contributed by atoms with van der Waals surface area (Å²) in [5, 5.41) is 11.5. The number of carbonyl (C=O) groups excluding carboxylic acids is 2. The minimum atomic E-state index is -1.14. The number of likely N-dealkylation sites (N-methyl/N-ethyl adjacent to an activating group) is 1. The molecule has 0 unspecified atom stereocenters. The van der Waals surface area contributed by atoms with Crippen LogP contribution in [0.25, 0.3) is 0 Å². The van der Waals surface area contributed by atoms with Gasteiger partial charge in [0.15, 0.2) is 0 Å². The fourth-order valence-corrected chi connectivity index (χ4v) is 1.35. The van der Waals surface area contributed by atoms with Crippen molar-refractivity contribution in [3.05, 3.63) is 11.1 Å². The lowest BCUT2D eigenvalue weighted by Crippen LogP contribution is -2.46. The summed E-state index contributed by atoms with van der Waals surface area (Å²) in [5.41, 5.74) is -0.269. The van der Waals surface area contributed by atoms with E-state index in [-0.39, 0.29) is 29.1 Å². The van der Waals surface area contributed by atoms with Crippen LogP contribution in [0.4, 0.5) is 0 Å². The molecule has 0 saturated heterocycles. The molecule has 0 rings (SSSR count). The lowest BCUT2D eigenvalue weighted by molar-refractivity contribution is -0.134. The van der Waals surface area contributed by atoms with Gasteiger partial charge in [-0.05, 0) is 34.6 Å². The minimum absolute atomic E-state index is 0.0203. The Morgan fingerprint density at radius 1 is 1.11 bits per heavy atom. The van der Waals surface area contributed by atoms with Crippen LogP contribution < -0.4 is 5.32 Å². The van der Waals surface area contributed by atoms with E-state index in [1.165, 1.54) is 25.8 Å². The molecule has 2 N–H and O–H groups in total. The molecule has 0 saturated carbocycles. The molecule has 0 aromatic carbocycles. The fraction of sp³-hybridized carbons (Fsp3) is 0.615. The molecule has 6 heteroatoms. The predicted molar refractivity (Wildman–Crippen MR) is 71.5 cm³/mol. The Morgan fingerprint density at radius 3 is 1.95 bits per heavy atom. The van der Waals surface area contributed by atoms with Gasteiger partial charge in [0, 0.05) is 23.7 Å². The summed E-state index contributed by atoms with van der Waals surface area (Å²) in [4.78, 5) is 35.5. The van der Waals surface area contributed by atoms with Crippen molar-refractivity contribution in [2.45, 2.75) is 40.2 Å². The molecule has 2 amide bonds. The zero-order valence-corrected chi connectivity index (χ0v) is 12.3. The van der Waals surface area contributed by atoms with E-state index >= 15 is 0 Å². The summed E-state index contributed by atoms with van der Waals surface area (Å²) >= 11 is 0. The SMILES string of the molecule is CC(C(=O)O)=C(C)C(=O)N(C)CC(=O)NC(C)(C)C. The van der Waals surface area contributed by atoms with Crippen LogP contribution in [0.3, 0.4) is 0 Å². The smallest absolute Gasteiger partial charge is 0.331 e. The average molecular weight is 270 g/mol. The Balaban J connectivity index is 4.73. The molecule has 0 aromatic heterocycles. The highest BCUT2D eigenvalue weighted by Gasteiger charge is 2.20. The minimum Gasteiger partial charge on any atom is -0.478 e. The molecule has 0 aliphatic carbocycles. The highest BCUT2D eigenvalue weighted by molar-refractivity contribution is 6.02.